The normalized spacial score (nSPS) is 31.6. The second-order valence-electron chi connectivity index (χ2n) is 6.78. The molecule has 0 aromatic heterocycles. The van der Waals surface area contributed by atoms with Crippen LogP contribution in [-0.2, 0) is 6.42 Å². The van der Waals surface area contributed by atoms with E-state index in [1.807, 2.05) is 0 Å². The molecule has 0 radical (unpaired) electrons. The lowest BCUT2D eigenvalue weighted by atomic mass is 9.66. The van der Waals surface area contributed by atoms with E-state index in [2.05, 4.69) is 51.1 Å². The maximum Gasteiger partial charge on any atom is 0.0679 e. The molecule has 19 heavy (non-hydrogen) atoms. The highest BCUT2D eigenvalue weighted by molar-refractivity contribution is 5.15. The SMILES string of the molecule is CC(C)[C@@H]1CC[C@H](C)[C@](O)(CCc2ccccc2)C1. The molecule has 106 valence electrons. The van der Waals surface area contributed by atoms with Gasteiger partial charge >= 0.3 is 0 Å². The van der Waals surface area contributed by atoms with Gasteiger partial charge < -0.3 is 5.11 Å². The number of hydrogen-bond acceptors (Lipinski definition) is 1. The summed E-state index contributed by atoms with van der Waals surface area (Å²) in [6, 6.07) is 10.5. The Bertz CT molecular complexity index is 384. The van der Waals surface area contributed by atoms with Crippen LogP contribution in [0.25, 0.3) is 0 Å². The number of aliphatic hydroxyl groups is 1. The van der Waals surface area contributed by atoms with Crippen molar-refractivity contribution in [3.05, 3.63) is 35.9 Å². The second-order valence-corrected chi connectivity index (χ2v) is 6.78. The molecule has 0 heterocycles. The van der Waals surface area contributed by atoms with E-state index in [1.165, 1.54) is 18.4 Å². The van der Waals surface area contributed by atoms with Crippen molar-refractivity contribution in [2.75, 3.05) is 0 Å². The van der Waals surface area contributed by atoms with Crippen molar-refractivity contribution in [1.82, 2.24) is 0 Å². The molecule has 0 bridgehead atoms. The molecule has 1 N–H and O–H groups in total. The van der Waals surface area contributed by atoms with E-state index >= 15 is 0 Å². The smallest absolute Gasteiger partial charge is 0.0679 e. The molecule has 1 fully saturated rings. The first-order valence-electron chi connectivity index (χ1n) is 7.77. The predicted octanol–water partition coefficient (Wildman–Crippen LogP) is 4.44. The maximum absolute atomic E-state index is 11.0. The highest BCUT2D eigenvalue weighted by Gasteiger charge is 2.40. The average molecular weight is 260 g/mol. The van der Waals surface area contributed by atoms with Crippen LogP contribution in [0.3, 0.4) is 0 Å². The molecule has 1 saturated carbocycles. The fourth-order valence-electron chi connectivity index (χ4n) is 3.41. The molecule has 1 aliphatic rings. The summed E-state index contributed by atoms with van der Waals surface area (Å²) in [6.45, 7) is 6.80. The topological polar surface area (TPSA) is 20.2 Å². The van der Waals surface area contributed by atoms with Gasteiger partial charge in [0.15, 0.2) is 0 Å². The van der Waals surface area contributed by atoms with Crippen molar-refractivity contribution in [1.29, 1.82) is 0 Å². The van der Waals surface area contributed by atoms with Gasteiger partial charge in [0, 0.05) is 0 Å². The lowest BCUT2D eigenvalue weighted by Gasteiger charge is -2.43. The molecular formula is C18H28O. The molecular weight excluding hydrogens is 232 g/mol. The zero-order chi connectivity index (χ0) is 13.9. The van der Waals surface area contributed by atoms with E-state index < -0.39 is 5.60 Å². The summed E-state index contributed by atoms with van der Waals surface area (Å²) in [5.41, 5.74) is 0.887. The van der Waals surface area contributed by atoms with Crippen LogP contribution in [-0.4, -0.2) is 10.7 Å². The molecule has 1 aromatic carbocycles. The first-order valence-corrected chi connectivity index (χ1v) is 7.77. The number of benzene rings is 1. The third kappa shape index (κ3) is 3.60. The molecule has 0 spiro atoms. The van der Waals surface area contributed by atoms with Crippen LogP contribution in [0.1, 0.15) is 52.0 Å². The van der Waals surface area contributed by atoms with Crippen LogP contribution < -0.4 is 0 Å². The van der Waals surface area contributed by atoms with Crippen LogP contribution >= 0.6 is 0 Å². The van der Waals surface area contributed by atoms with E-state index in [1.54, 1.807) is 0 Å². The van der Waals surface area contributed by atoms with Crippen LogP contribution in [0.2, 0.25) is 0 Å². The number of rotatable bonds is 4. The largest absolute Gasteiger partial charge is 0.390 e. The summed E-state index contributed by atoms with van der Waals surface area (Å²) in [4.78, 5) is 0. The Morgan fingerprint density at radius 3 is 2.53 bits per heavy atom. The van der Waals surface area contributed by atoms with Gasteiger partial charge in [-0.25, -0.2) is 0 Å². The summed E-state index contributed by atoms with van der Waals surface area (Å²) >= 11 is 0. The van der Waals surface area contributed by atoms with E-state index in [0.29, 0.717) is 17.8 Å². The third-order valence-corrected chi connectivity index (χ3v) is 5.14. The second kappa shape index (κ2) is 6.09. The zero-order valence-corrected chi connectivity index (χ0v) is 12.6. The first-order chi connectivity index (χ1) is 9.01. The Balaban J connectivity index is 1.99. The molecule has 0 saturated heterocycles. The van der Waals surface area contributed by atoms with Crippen molar-refractivity contribution < 1.29 is 5.11 Å². The maximum atomic E-state index is 11.0. The first kappa shape index (κ1) is 14.6. The fraction of sp³-hybridized carbons (Fsp3) is 0.667. The van der Waals surface area contributed by atoms with E-state index in [9.17, 15) is 5.11 Å². The summed E-state index contributed by atoms with van der Waals surface area (Å²) in [5.74, 6) is 1.82. The fourth-order valence-corrected chi connectivity index (χ4v) is 3.41. The van der Waals surface area contributed by atoms with Crippen LogP contribution in [0.5, 0.6) is 0 Å². The van der Waals surface area contributed by atoms with E-state index in [4.69, 9.17) is 0 Å². The predicted molar refractivity (Wildman–Crippen MR) is 81.1 cm³/mol. The van der Waals surface area contributed by atoms with Gasteiger partial charge in [0.05, 0.1) is 5.60 Å². The lowest BCUT2D eigenvalue weighted by molar-refractivity contribution is -0.0720. The van der Waals surface area contributed by atoms with Gasteiger partial charge in [-0.2, -0.15) is 0 Å². The summed E-state index contributed by atoms with van der Waals surface area (Å²) in [7, 11) is 0. The van der Waals surface area contributed by atoms with Gasteiger partial charge in [0.25, 0.3) is 0 Å². The van der Waals surface area contributed by atoms with Gasteiger partial charge in [-0.05, 0) is 55.4 Å². The molecule has 1 aromatic rings. The number of aryl methyl sites for hydroxylation is 1. The molecule has 0 aliphatic heterocycles. The standard InChI is InChI=1S/C18H28O/c1-14(2)17-10-9-15(3)18(19,13-17)12-11-16-7-5-4-6-8-16/h4-8,14-15,17,19H,9-13H2,1-3H3/t15-,17+,18-/m0/s1. The summed E-state index contributed by atoms with van der Waals surface area (Å²) in [5, 5.41) is 11.0. The Kier molecular flexibility index (Phi) is 4.67. The molecule has 0 amide bonds. The zero-order valence-electron chi connectivity index (χ0n) is 12.6. The van der Waals surface area contributed by atoms with Crippen LogP contribution in [0, 0.1) is 17.8 Å². The third-order valence-electron chi connectivity index (χ3n) is 5.14. The average Bonchev–Trinajstić information content (AvgIpc) is 2.41. The number of hydrogen-bond donors (Lipinski definition) is 1. The molecule has 1 aliphatic carbocycles. The minimum atomic E-state index is -0.455. The van der Waals surface area contributed by atoms with E-state index in [-0.39, 0.29) is 0 Å². The molecule has 1 nitrogen and oxygen atoms in total. The van der Waals surface area contributed by atoms with Crippen LogP contribution in [0.15, 0.2) is 30.3 Å². The molecule has 3 atom stereocenters. The van der Waals surface area contributed by atoms with Crippen molar-refractivity contribution in [3.63, 3.8) is 0 Å². The summed E-state index contributed by atoms with van der Waals surface area (Å²) < 4.78 is 0. The molecule has 1 heteroatoms. The Morgan fingerprint density at radius 1 is 1.21 bits per heavy atom. The van der Waals surface area contributed by atoms with Crippen molar-refractivity contribution in [3.8, 4) is 0 Å². The lowest BCUT2D eigenvalue weighted by Crippen LogP contribution is -2.43. The quantitative estimate of drug-likeness (QED) is 0.848. The van der Waals surface area contributed by atoms with Crippen molar-refractivity contribution >= 4 is 0 Å². The Labute approximate surface area is 118 Å². The van der Waals surface area contributed by atoms with Gasteiger partial charge in [-0.3, -0.25) is 0 Å². The Morgan fingerprint density at radius 2 is 1.89 bits per heavy atom. The minimum Gasteiger partial charge on any atom is -0.390 e. The molecule has 0 unspecified atom stereocenters. The summed E-state index contributed by atoms with van der Waals surface area (Å²) in [6.07, 6.45) is 5.34. The van der Waals surface area contributed by atoms with Gasteiger partial charge in [-0.1, -0.05) is 51.1 Å². The van der Waals surface area contributed by atoms with Gasteiger partial charge in [0.1, 0.15) is 0 Å². The van der Waals surface area contributed by atoms with Gasteiger partial charge in [-0.15, -0.1) is 0 Å². The highest BCUT2D eigenvalue weighted by Crippen LogP contribution is 2.42. The van der Waals surface area contributed by atoms with Crippen LogP contribution in [0.4, 0.5) is 0 Å². The highest BCUT2D eigenvalue weighted by atomic mass is 16.3. The van der Waals surface area contributed by atoms with Gasteiger partial charge in [0.2, 0.25) is 0 Å². The van der Waals surface area contributed by atoms with E-state index in [0.717, 1.165) is 19.3 Å². The van der Waals surface area contributed by atoms with Crippen molar-refractivity contribution in [2.24, 2.45) is 17.8 Å². The molecule has 2 rings (SSSR count). The van der Waals surface area contributed by atoms with Crippen molar-refractivity contribution in [2.45, 2.75) is 58.5 Å². The minimum absolute atomic E-state index is 0.436. The Hall–Kier alpha value is -0.820. The monoisotopic (exact) mass is 260 g/mol.